The number of hydrogen-bond acceptors (Lipinski definition) is 7. The minimum Gasteiger partial charge on any atom is -0.465 e. The first-order valence-corrected chi connectivity index (χ1v) is 13.0. The van der Waals surface area contributed by atoms with Gasteiger partial charge in [0.15, 0.2) is 0 Å². The van der Waals surface area contributed by atoms with E-state index in [2.05, 4.69) is 22.3 Å². The number of anilines is 1. The molecule has 1 aromatic heterocycles. The molecule has 0 atom stereocenters. The van der Waals surface area contributed by atoms with Gasteiger partial charge < -0.3 is 10.1 Å². The van der Waals surface area contributed by atoms with Crippen molar-refractivity contribution in [3.63, 3.8) is 0 Å². The molecule has 4 rings (SSSR count). The summed E-state index contributed by atoms with van der Waals surface area (Å²) in [6.07, 6.45) is 0. The van der Waals surface area contributed by atoms with Gasteiger partial charge in [-0.3, -0.25) is 9.69 Å². The lowest BCUT2D eigenvalue weighted by atomic mass is 10.2. The van der Waals surface area contributed by atoms with E-state index in [-0.39, 0.29) is 15.3 Å². The summed E-state index contributed by atoms with van der Waals surface area (Å²) in [6.45, 7) is 2.79. The number of benzene rings is 2. The molecule has 0 spiro atoms. The van der Waals surface area contributed by atoms with E-state index < -0.39 is 21.9 Å². The monoisotopic (exact) mass is 499 g/mol. The summed E-state index contributed by atoms with van der Waals surface area (Å²) in [5.41, 5.74) is 1.70. The Morgan fingerprint density at radius 3 is 2.44 bits per heavy atom. The van der Waals surface area contributed by atoms with Gasteiger partial charge in [0.05, 0.1) is 17.7 Å². The van der Waals surface area contributed by atoms with Crippen molar-refractivity contribution in [3.8, 4) is 0 Å². The first kappa shape index (κ1) is 24.1. The first-order chi connectivity index (χ1) is 16.4. The molecule has 1 aliphatic heterocycles. The molecule has 2 aromatic carbocycles. The molecule has 8 nitrogen and oxygen atoms in total. The maximum absolute atomic E-state index is 13.2. The predicted molar refractivity (Wildman–Crippen MR) is 131 cm³/mol. The highest BCUT2D eigenvalue weighted by Gasteiger charge is 2.29. The predicted octanol–water partition coefficient (Wildman–Crippen LogP) is 3.29. The van der Waals surface area contributed by atoms with E-state index in [1.807, 2.05) is 18.2 Å². The number of amides is 1. The topological polar surface area (TPSA) is 96.0 Å². The number of carbonyl (C=O) groups is 2. The van der Waals surface area contributed by atoms with Crippen LogP contribution in [-0.2, 0) is 21.3 Å². The largest absolute Gasteiger partial charge is 0.465 e. The second-order valence-electron chi connectivity index (χ2n) is 7.80. The summed E-state index contributed by atoms with van der Waals surface area (Å²) in [5, 5.41) is 4.33. The highest BCUT2D eigenvalue weighted by molar-refractivity contribution is 7.89. The Balaban J connectivity index is 1.43. The number of nitrogens with zero attached hydrogens (tertiary/aromatic N) is 2. The molecule has 10 heteroatoms. The Morgan fingerprint density at radius 1 is 1.00 bits per heavy atom. The lowest BCUT2D eigenvalue weighted by Gasteiger charge is -2.34. The molecule has 3 aromatic rings. The molecule has 2 heterocycles. The first-order valence-electron chi connectivity index (χ1n) is 10.7. The Morgan fingerprint density at radius 2 is 1.74 bits per heavy atom. The zero-order valence-corrected chi connectivity index (χ0v) is 20.3. The number of thiophene rings is 1. The normalized spacial score (nSPS) is 15.1. The number of methoxy groups -OCH3 is 1. The van der Waals surface area contributed by atoms with Crippen molar-refractivity contribution in [2.24, 2.45) is 0 Å². The van der Waals surface area contributed by atoms with Crippen molar-refractivity contribution in [2.75, 3.05) is 38.6 Å². The number of piperazine rings is 1. The molecule has 1 fully saturated rings. The van der Waals surface area contributed by atoms with Crippen LogP contribution in [0.5, 0.6) is 0 Å². The molecule has 34 heavy (non-hydrogen) atoms. The van der Waals surface area contributed by atoms with Crippen LogP contribution >= 0.6 is 11.3 Å². The smallest absolute Gasteiger partial charge is 0.350 e. The van der Waals surface area contributed by atoms with E-state index in [1.165, 1.54) is 35.2 Å². The zero-order valence-electron chi connectivity index (χ0n) is 18.6. The summed E-state index contributed by atoms with van der Waals surface area (Å²) in [7, 11) is -2.48. The lowest BCUT2D eigenvalue weighted by molar-refractivity contribution is 0.0607. The second kappa shape index (κ2) is 10.5. The minimum absolute atomic E-state index is 0.0650. The standard InChI is InChI=1S/C24H25N3O5S2/c1-32-24(29)22-21(10-15-33-22)25-23(28)19-8-5-9-20(16-19)34(30,31)27-13-11-26(12-14-27)17-18-6-3-2-4-7-18/h2-10,15-16H,11-14,17H2,1H3,(H,25,28). The van der Waals surface area contributed by atoms with E-state index >= 15 is 0 Å². The van der Waals surface area contributed by atoms with E-state index in [0.717, 1.165) is 17.9 Å². The molecule has 1 N–H and O–H groups in total. The van der Waals surface area contributed by atoms with Crippen LogP contribution in [0.1, 0.15) is 25.6 Å². The Hall–Kier alpha value is -3.05. The number of ether oxygens (including phenoxy) is 1. The van der Waals surface area contributed by atoms with Gasteiger partial charge in [-0.05, 0) is 35.2 Å². The lowest BCUT2D eigenvalue weighted by Crippen LogP contribution is -2.48. The van der Waals surface area contributed by atoms with Crippen molar-refractivity contribution in [1.29, 1.82) is 0 Å². The quantitative estimate of drug-likeness (QED) is 0.501. The van der Waals surface area contributed by atoms with Gasteiger partial charge in [0.1, 0.15) is 4.88 Å². The molecule has 1 aliphatic rings. The SMILES string of the molecule is COC(=O)c1sccc1NC(=O)c1cccc(S(=O)(=O)N2CCN(Cc3ccccc3)CC2)c1. The van der Waals surface area contributed by atoms with Crippen molar-refractivity contribution in [3.05, 3.63) is 82.0 Å². The molecule has 0 aliphatic carbocycles. The average Bonchev–Trinajstić information content (AvgIpc) is 3.32. The van der Waals surface area contributed by atoms with Gasteiger partial charge in [-0.1, -0.05) is 36.4 Å². The highest BCUT2D eigenvalue weighted by Crippen LogP contribution is 2.25. The van der Waals surface area contributed by atoms with Crippen LogP contribution in [0.4, 0.5) is 5.69 Å². The molecule has 0 saturated carbocycles. The molecule has 178 valence electrons. The van der Waals surface area contributed by atoms with E-state index in [4.69, 9.17) is 4.74 Å². The van der Waals surface area contributed by atoms with Crippen molar-refractivity contribution >= 4 is 38.9 Å². The Kier molecular flexibility index (Phi) is 7.42. The van der Waals surface area contributed by atoms with Gasteiger partial charge in [0.25, 0.3) is 5.91 Å². The minimum atomic E-state index is -3.75. The summed E-state index contributed by atoms with van der Waals surface area (Å²) in [6, 6.07) is 17.6. The average molecular weight is 500 g/mol. The van der Waals surface area contributed by atoms with Gasteiger partial charge >= 0.3 is 5.97 Å². The number of nitrogens with one attached hydrogen (secondary N) is 1. The van der Waals surface area contributed by atoms with Gasteiger partial charge in [0.2, 0.25) is 10.0 Å². The summed E-state index contributed by atoms with van der Waals surface area (Å²) >= 11 is 1.15. The number of sulfonamides is 1. The van der Waals surface area contributed by atoms with Crippen molar-refractivity contribution in [2.45, 2.75) is 11.4 Å². The van der Waals surface area contributed by atoms with Crippen LogP contribution in [0, 0.1) is 0 Å². The summed E-state index contributed by atoms with van der Waals surface area (Å²) in [5.74, 6) is -1.05. The summed E-state index contributed by atoms with van der Waals surface area (Å²) in [4.78, 5) is 27.2. The molecule has 0 unspecified atom stereocenters. The third-order valence-corrected chi connectivity index (χ3v) is 8.39. The summed E-state index contributed by atoms with van der Waals surface area (Å²) < 4.78 is 32.7. The maximum atomic E-state index is 13.2. The van der Waals surface area contributed by atoms with Gasteiger partial charge in [-0.25, -0.2) is 13.2 Å². The number of carbonyl (C=O) groups excluding carboxylic acids is 2. The van der Waals surface area contributed by atoms with Gasteiger partial charge in [0, 0.05) is 38.3 Å². The van der Waals surface area contributed by atoms with Crippen molar-refractivity contribution in [1.82, 2.24) is 9.21 Å². The number of rotatable bonds is 7. The second-order valence-corrected chi connectivity index (χ2v) is 10.7. The Labute approximate surface area is 202 Å². The van der Waals surface area contributed by atoms with Crippen LogP contribution in [0.2, 0.25) is 0 Å². The molecule has 1 amide bonds. The van der Waals surface area contributed by atoms with Gasteiger partial charge in [-0.2, -0.15) is 4.31 Å². The molecule has 0 bridgehead atoms. The van der Waals surface area contributed by atoms with Crippen LogP contribution in [0.3, 0.4) is 0 Å². The van der Waals surface area contributed by atoms with Crippen LogP contribution < -0.4 is 5.32 Å². The fourth-order valence-corrected chi connectivity index (χ4v) is 6.00. The molecule has 1 saturated heterocycles. The van der Waals surface area contributed by atoms with Gasteiger partial charge in [-0.15, -0.1) is 11.3 Å². The zero-order chi connectivity index (χ0) is 24.1. The third-order valence-electron chi connectivity index (χ3n) is 5.60. The maximum Gasteiger partial charge on any atom is 0.350 e. The fraction of sp³-hybridized carbons (Fsp3) is 0.250. The fourth-order valence-electron chi connectivity index (χ4n) is 3.77. The van der Waals surface area contributed by atoms with Crippen LogP contribution in [0.15, 0.2) is 70.9 Å². The number of hydrogen-bond donors (Lipinski definition) is 1. The molecular weight excluding hydrogens is 474 g/mol. The van der Waals surface area contributed by atoms with E-state index in [1.54, 1.807) is 17.5 Å². The van der Waals surface area contributed by atoms with E-state index in [9.17, 15) is 18.0 Å². The number of esters is 1. The van der Waals surface area contributed by atoms with E-state index in [0.29, 0.717) is 31.9 Å². The highest BCUT2D eigenvalue weighted by atomic mass is 32.2. The van der Waals surface area contributed by atoms with Crippen LogP contribution in [-0.4, -0.2) is 62.8 Å². The van der Waals surface area contributed by atoms with Crippen molar-refractivity contribution < 1.29 is 22.7 Å². The molecular formula is C24H25N3O5S2. The molecule has 0 radical (unpaired) electrons. The third kappa shape index (κ3) is 5.36. The van der Waals surface area contributed by atoms with Crippen LogP contribution in [0.25, 0.3) is 0 Å². The Bertz CT molecular complexity index is 1270.